The molecule has 1 saturated heterocycles. The molecule has 0 aromatic heterocycles. The highest BCUT2D eigenvalue weighted by Crippen LogP contribution is 2.20. The second-order valence-corrected chi connectivity index (χ2v) is 4.94. The van der Waals surface area contributed by atoms with Gasteiger partial charge in [0.25, 0.3) is 0 Å². The van der Waals surface area contributed by atoms with Crippen LogP contribution < -0.4 is 5.32 Å². The summed E-state index contributed by atoms with van der Waals surface area (Å²) in [6.07, 6.45) is 0. The van der Waals surface area contributed by atoms with E-state index in [0.29, 0.717) is 23.4 Å². The fourth-order valence-electron chi connectivity index (χ4n) is 2.25. The third-order valence-electron chi connectivity index (χ3n) is 3.39. The Morgan fingerprint density at radius 3 is 2.58 bits per heavy atom. The molecular weight excluding hydrogens is 260 g/mol. The molecule has 96 valence electrons. The molecular formula is C13H13N4OS+. The lowest BCUT2D eigenvalue weighted by Crippen LogP contribution is -2.54. The molecule has 0 aliphatic carbocycles. The van der Waals surface area contributed by atoms with Gasteiger partial charge >= 0.3 is 5.11 Å². The molecule has 0 radical (unpaired) electrons. The number of nitriles is 1. The molecule has 2 aliphatic heterocycles. The van der Waals surface area contributed by atoms with Crippen molar-refractivity contribution in [3.05, 3.63) is 35.4 Å². The van der Waals surface area contributed by atoms with Crippen molar-refractivity contribution >= 4 is 23.2 Å². The van der Waals surface area contributed by atoms with Gasteiger partial charge in [-0.3, -0.25) is 5.32 Å². The number of thiocarbonyl (C=S) groups is 1. The van der Waals surface area contributed by atoms with E-state index in [1.165, 1.54) is 0 Å². The van der Waals surface area contributed by atoms with Crippen LogP contribution in [0.5, 0.6) is 0 Å². The molecule has 0 saturated carbocycles. The van der Waals surface area contributed by atoms with Crippen LogP contribution in [0.25, 0.3) is 0 Å². The standard InChI is InChI=1S/C13H12N4OS/c14-9-10-1-3-11(4-2-10)12-15-13(19)17(16-12)5-7-18-8-6-17/h1-4H,5-8H2/p+1. The van der Waals surface area contributed by atoms with E-state index in [1.807, 2.05) is 12.1 Å². The van der Waals surface area contributed by atoms with Crippen molar-refractivity contribution in [1.29, 1.82) is 5.26 Å². The monoisotopic (exact) mass is 273 g/mol. The molecule has 6 heteroatoms. The zero-order chi connectivity index (χ0) is 13.3. The molecule has 1 fully saturated rings. The Labute approximate surface area is 116 Å². The van der Waals surface area contributed by atoms with Gasteiger partial charge in [0.05, 0.1) is 24.8 Å². The number of nitrogens with one attached hydrogen (secondary N) is 1. The second kappa shape index (κ2) is 4.70. The van der Waals surface area contributed by atoms with Gasteiger partial charge in [0.15, 0.2) is 5.84 Å². The minimum absolute atomic E-state index is 0.435. The molecule has 0 atom stereocenters. The highest BCUT2D eigenvalue weighted by Gasteiger charge is 2.42. The molecule has 0 amide bonds. The Morgan fingerprint density at radius 1 is 1.26 bits per heavy atom. The summed E-state index contributed by atoms with van der Waals surface area (Å²) < 4.78 is 5.80. The van der Waals surface area contributed by atoms with E-state index in [-0.39, 0.29) is 0 Å². The number of ether oxygens (including phenoxy) is 1. The average molecular weight is 273 g/mol. The Balaban J connectivity index is 1.91. The molecule has 1 N–H and O–H groups in total. The normalized spacial score (nSPS) is 20.8. The van der Waals surface area contributed by atoms with Crippen LogP contribution >= 0.6 is 12.2 Å². The fraction of sp³-hybridized carbons (Fsp3) is 0.308. The molecule has 3 rings (SSSR count). The van der Waals surface area contributed by atoms with Crippen molar-refractivity contribution in [2.75, 3.05) is 26.3 Å². The topological polar surface area (TPSA) is 57.4 Å². The Bertz CT molecular complexity index is 582. The minimum atomic E-state index is 0.435. The van der Waals surface area contributed by atoms with E-state index in [9.17, 15) is 0 Å². The number of hydrogen-bond acceptors (Lipinski definition) is 4. The predicted molar refractivity (Wildman–Crippen MR) is 74.2 cm³/mol. The van der Waals surface area contributed by atoms with E-state index in [2.05, 4.69) is 11.4 Å². The van der Waals surface area contributed by atoms with E-state index in [0.717, 1.165) is 29.6 Å². The largest absolute Gasteiger partial charge is 0.370 e. The Hall–Kier alpha value is -1.81. The van der Waals surface area contributed by atoms with Gasteiger partial charge in [0.1, 0.15) is 13.1 Å². The van der Waals surface area contributed by atoms with Crippen LogP contribution in [0.1, 0.15) is 11.1 Å². The molecule has 1 aromatic carbocycles. The molecule has 2 heterocycles. The van der Waals surface area contributed by atoms with Crippen LogP contribution in [0.2, 0.25) is 0 Å². The van der Waals surface area contributed by atoms with E-state index in [4.69, 9.17) is 27.3 Å². The molecule has 19 heavy (non-hydrogen) atoms. The predicted octanol–water partition coefficient (Wildman–Crippen LogP) is 0.955. The first-order chi connectivity index (χ1) is 9.23. The van der Waals surface area contributed by atoms with Crippen LogP contribution in [0, 0.1) is 11.3 Å². The van der Waals surface area contributed by atoms with Gasteiger partial charge in [0, 0.05) is 17.8 Å². The summed E-state index contributed by atoms with van der Waals surface area (Å²) >= 11 is 5.42. The number of benzene rings is 1. The smallest absolute Gasteiger partial charge is 0.302 e. The van der Waals surface area contributed by atoms with Gasteiger partial charge in [0.2, 0.25) is 0 Å². The van der Waals surface area contributed by atoms with E-state index in [1.54, 1.807) is 12.1 Å². The SMILES string of the molecule is N#Cc1ccc(C2=N[N+]3(CCOCC3)C(=S)N2)cc1. The first kappa shape index (κ1) is 12.2. The Kier molecular flexibility index (Phi) is 3.03. The summed E-state index contributed by atoms with van der Waals surface area (Å²) in [7, 11) is 0. The summed E-state index contributed by atoms with van der Waals surface area (Å²) in [5, 5.41) is 17.4. The maximum Gasteiger partial charge on any atom is 0.302 e. The summed E-state index contributed by atoms with van der Waals surface area (Å²) in [4.78, 5) is 0. The second-order valence-electron chi connectivity index (χ2n) is 4.55. The molecule has 0 unspecified atom stereocenters. The zero-order valence-corrected chi connectivity index (χ0v) is 11.1. The molecule has 0 bridgehead atoms. The third-order valence-corrected chi connectivity index (χ3v) is 3.84. The van der Waals surface area contributed by atoms with Crippen LogP contribution in [0.4, 0.5) is 0 Å². The van der Waals surface area contributed by atoms with Crippen LogP contribution in [0.15, 0.2) is 29.4 Å². The molecule has 1 spiro atoms. The molecule has 1 aromatic rings. The summed E-state index contributed by atoms with van der Waals surface area (Å²) in [5.41, 5.74) is 1.59. The number of rotatable bonds is 1. The van der Waals surface area contributed by atoms with E-state index < -0.39 is 0 Å². The van der Waals surface area contributed by atoms with Gasteiger partial charge in [-0.2, -0.15) is 5.26 Å². The van der Waals surface area contributed by atoms with Gasteiger partial charge < -0.3 is 4.74 Å². The zero-order valence-electron chi connectivity index (χ0n) is 10.3. The van der Waals surface area contributed by atoms with E-state index >= 15 is 0 Å². The van der Waals surface area contributed by atoms with Crippen LogP contribution in [0.3, 0.4) is 0 Å². The minimum Gasteiger partial charge on any atom is -0.370 e. The van der Waals surface area contributed by atoms with Crippen molar-refractivity contribution < 1.29 is 9.33 Å². The summed E-state index contributed by atoms with van der Waals surface area (Å²) in [6.45, 7) is 2.88. The maximum atomic E-state index is 8.80. The molecule has 2 aliphatic rings. The highest BCUT2D eigenvalue weighted by atomic mass is 32.1. The van der Waals surface area contributed by atoms with Crippen molar-refractivity contribution in [3.8, 4) is 6.07 Å². The summed E-state index contributed by atoms with van der Waals surface area (Å²) in [6, 6.07) is 9.44. The fourth-order valence-corrected chi connectivity index (χ4v) is 2.57. The number of quaternary nitrogens is 1. The van der Waals surface area contributed by atoms with Gasteiger partial charge in [-0.1, -0.05) is 5.10 Å². The number of amidine groups is 1. The Morgan fingerprint density at radius 2 is 1.95 bits per heavy atom. The lowest BCUT2D eigenvalue weighted by Gasteiger charge is -2.29. The number of hydrogen-bond donors (Lipinski definition) is 1. The lowest BCUT2D eigenvalue weighted by molar-refractivity contribution is -0.853. The van der Waals surface area contributed by atoms with Crippen LogP contribution in [-0.4, -0.2) is 41.8 Å². The number of morpholine rings is 1. The quantitative estimate of drug-likeness (QED) is 0.611. The van der Waals surface area contributed by atoms with Crippen molar-refractivity contribution in [2.45, 2.75) is 0 Å². The van der Waals surface area contributed by atoms with Gasteiger partial charge in [-0.05, 0) is 24.3 Å². The van der Waals surface area contributed by atoms with Gasteiger partial charge in [-0.15, -0.1) is 4.59 Å². The lowest BCUT2D eigenvalue weighted by atomic mass is 10.1. The van der Waals surface area contributed by atoms with Crippen molar-refractivity contribution in [1.82, 2.24) is 5.32 Å². The van der Waals surface area contributed by atoms with Crippen molar-refractivity contribution in [3.63, 3.8) is 0 Å². The first-order valence-corrected chi connectivity index (χ1v) is 6.51. The summed E-state index contributed by atoms with van der Waals surface area (Å²) in [5.74, 6) is 0.774. The van der Waals surface area contributed by atoms with Crippen LogP contribution in [-0.2, 0) is 4.74 Å². The first-order valence-electron chi connectivity index (χ1n) is 6.11. The maximum absolute atomic E-state index is 8.80. The molecule has 5 nitrogen and oxygen atoms in total. The van der Waals surface area contributed by atoms with Crippen molar-refractivity contribution in [2.24, 2.45) is 5.10 Å². The average Bonchev–Trinajstić information content (AvgIpc) is 2.77. The third kappa shape index (κ3) is 2.12. The highest BCUT2D eigenvalue weighted by molar-refractivity contribution is 7.80. The van der Waals surface area contributed by atoms with Gasteiger partial charge in [-0.25, -0.2) is 0 Å². The number of nitrogens with zero attached hydrogens (tertiary/aromatic N) is 3.